The summed E-state index contributed by atoms with van der Waals surface area (Å²) in [5.41, 5.74) is 1.61. The highest BCUT2D eigenvalue weighted by atomic mass is 79.9. The maximum Gasteiger partial charge on any atom is 0.258 e. The number of halogens is 2. The van der Waals surface area contributed by atoms with E-state index in [1.165, 1.54) is 11.6 Å². The Morgan fingerprint density at radius 1 is 1.35 bits per heavy atom. The zero-order chi connectivity index (χ0) is 14.9. The van der Waals surface area contributed by atoms with E-state index in [-0.39, 0.29) is 16.9 Å². The molecule has 0 spiro atoms. The normalized spacial score (nSPS) is 16.1. The van der Waals surface area contributed by atoms with E-state index in [1.54, 1.807) is 17.0 Å². The summed E-state index contributed by atoms with van der Waals surface area (Å²) in [6.45, 7) is 7.70. The van der Waals surface area contributed by atoms with Crippen molar-refractivity contribution in [2.24, 2.45) is 5.41 Å². The van der Waals surface area contributed by atoms with Crippen LogP contribution in [-0.4, -0.2) is 23.9 Å². The molecule has 1 heterocycles. The largest absolute Gasteiger partial charge is 0.334 e. The molecule has 2 nitrogen and oxygen atoms in total. The molecule has 1 aliphatic rings. The van der Waals surface area contributed by atoms with Crippen LogP contribution >= 0.6 is 15.9 Å². The monoisotopic (exact) mass is 339 g/mol. The van der Waals surface area contributed by atoms with Crippen molar-refractivity contribution in [3.63, 3.8) is 0 Å². The van der Waals surface area contributed by atoms with Crippen LogP contribution in [-0.2, 0) is 0 Å². The van der Waals surface area contributed by atoms with E-state index in [1.807, 2.05) is 0 Å². The van der Waals surface area contributed by atoms with E-state index in [0.29, 0.717) is 17.6 Å². The van der Waals surface area contributed by atoms with Gasteiger partial charge in [0.1, 0.15) is 5.82 Å². The quantitative estimate of drug-likeness (QED) is 0.694. The lowest BCUT2D eigenvalue weighted by atomic mass is 9.83. The van der Waals surface area contributed by atoms with Gasteiger partial charge in [-0.1, -0.05) is 38.5 Å². The van der Waals surface area contributed by atoms with Crippen molar-refractivity contribution in [3.8, 4) is 0 Å². The van der Waals surface area contributed by atoms with Crippen LogP contribution in [0.2, 0.25) is 0 Å². The average molecular weight is 340 g/mol. The second kappa shape index (κ2) is 5.68. The lowest BCUT2D eigenvalue weighted by Gasteiger charge is -2.32. The van der Waals surface area contributed by atoms with Crippen LogP contribution in [0.4, 0.5) is 4.39 Å². The Balaban J connectivity index is 2.19. The highest BCUT2D eigenvalue weighted by Gasteiger charge is 2.26. The summed E-state index contributed by atoms with van der Waals surface area (Å²) in [6.07, 6.45) is 2.94. The molecule has 0 radical (unpaired) electrons. The molecule has 0 atom stereocenters. The number of amides is 1. The topological polar surface area (TPSA) is 20.3 Å². The first kappa shape index (κ1) is 15.2. The Bertz CT molecular complexity index is 540. The standard InChI is InChI=1S/C16H19BrFNO/c1-16(2,3)11-7-9-19(10-8-11)15(20)14-12(17)5-4-6-13(14)18/h4-7H,8-10H2,1-3H3. The Hall–Kier alpha value is -1.16. The van der Waals surface area contributed by atoms with Crippen LogP contribution < -0.4 is 0 Å². The molecule has 0 aromatic heterocycles. The third-order valence-electron chi connectivity index (χ3n) is 3.64. The van der Waals surface area contributed by atoms with Gasteiger partial charge in [0.2, 0.25) is 0 Å². The maximum absolute atomic E-state index is 13.8. The molecule has 0 aliphatic carbocycles. The fourth-order valence-corrected chi connectivity index (χ4v) is 2.91. The SMILES string of the molecule is CC(C)(C)C1=CCN(C(=O)c2c(F)cccc2Br)CC1. The first-order chi connectivity index (χ1) is 9.30. The Labute approximate surface area is 127 Å². The van der Waals surface area contributed by atoms with Crippen molar-refractivity contribution in [2.45, 2.75) is 27.2 Å². The third-order valence-corrected chi connectivity index (χ3v) is 4.30. The highest BCUT2D eigenvalue weighted by Crippen LogP contribution is 2.31. The van der Waals surface area contributed by atoms with Crippen molar-refractivity contribution in [1.82, 2.24) is 4.90 Å². The number of rotatable bonds is 1. The molecule has 0 saturated carbocycles. The fraction of sp³-hybridized carbons (Fsp3) is 0.438. The first-order valence-corrected chi connectivity index (χ1v) is 7.53. The van der Waals surface area contributed by atoms with Gasteiger partial charge in [0, 0.05) is 17.6 Å². The summed E-state index contributed by atoms with van der Waals surface area (Å²) >= 11 is 3.26. The van der Waals surface area contributed by atoms with Crippen molar-refractivity contribution >= 4 is 21.8 Å². The second-order valence-electron chi connectivity index (χ2n) is 6.08. The molecule has 4 heteroatoms. The van der Waals surface area contributed by atoms with E-state index < -0.39 is 5.82 Å². The minimum atomic E-state index is -0.477. The van der Waals surface area contributed by atoms with Crippen molar-refractivity contribution in [2.75, 3.05) is 13.1 Å². The summed E-state index contributed by atoms with van der Waals surface area (Å²) in [5, 5.41) is 0. The summed E-state index contributed by atoms with van der Waals surface area (Å²) in [7, 11) is 0. The molecule has 0 fully saturated rings. The van der Waals surface area contributed by atoms with Crippen molar-refractivity contribution in [3.05, 3.63) is 45.7 Å². The molecule has 0 N–H and O–H groups in total. The van der Waals surface area contributed by atoms with Gasteiger partial charge < -0.3 is 4.90 Å². The Kier molecular flexibility index (Phi) is 4.33. The third kappa shape index (κ3) is 3.11. The molecular weight excluding hydrogens is 321 g/mol. The van der Waals surface area contributed by atoms with E-state index in [9.17, 15) is 9.18 Å². The van der Waals surface area contributed by atoms with Gasteiger partial charge in [0.15, 0.2) is 0 Å². The van der Waals surface area contributed by atoms with Crippen molar-refractivity contribution < 1.29 is 9.18 Å². The molecule has 20 heavy (non-hydrogen) atoms. The van der Waals surface area contributed by atoms with Crippen LogP contribution in [0.15, 0.2) is 34.3 Å². The Morgan fingerprint density at radius 3 is 2.55 bits per heavy atom. The minimum absolute atomic E-state index is 0.125. The van der Waals surface area contributed by atoms with Crippen LogP contribution in [0.25, 0.3) is 0 Å². The zero-order valence-corrected chi connectivity index (χ0v) is 13.6. The predicted molar refractivity (Wildman–Crippen MR) is 82.2 cm³/mol. The fourth-order valence-electron chi connectivity index (χ4n) is 2.40. The van der Waals surface area contributed by atoms with E-state index >= 15 is 0 Å². The number of hydrogen-bond donors (Lipinski definition) is 0. The molecular formula is C16H19BrFNO. The van der Waals surface area contributed by atoms with Crippen molar-refractivity contribution in [1.29, 1.82) is 0 Å². The number of carbonyl (C=O) groups excluding carboxylic acids is 1. The molecule has 1 aliphatic heterocycles. The van der Waals surface area contributed by atoms with Gasteiger partial charge in [-0.25, -0.2) is 4.39 Å². The van der Waals surface area contributed by atoms with Crippen LogP contribution in [0, 0.1) is 11.2 Å². The smallest absolute Gasteiger partial charge is 0.258 e. The second-order valence-corrected chi connectivity index (χ2v) is 6.93. The predicted octanol–water partition coefficient (Wildman–Crippen LogP) is 4.41. The molecule has 1 aromatic rings. The van der Waals surface area contributed by atoms with E-state index in [0.717, 1.165) is 6.42 Å². The van der Waals surface area contributed by atoms with Gasteiger partial charge in [-0.05, 0) is 39.9 Å². The molecule has 1 amide bonds. The maximum atomic E-state index is 13.8. The van der Waals surface area contributed by atoms with E-state index in [4.69, 9.17) is 0 Å². The molecule has 0 saturated heterocycles. The molecule has 0 unspecified atom stereocenters. The van der Waals surface area contributed by atoms with Crippen LogP contribution in [0.3, 0.4) is 0 Å². The number of hydrogen-bond acceptors (Lipinski definition) is 1. The minimum Gasteiger partial charge on any atom is -0.334 e. The lowest BCUT2D eigenvalue weighted by Crippen LogP contribution is -2.37. The summed E-state index contributed by atoms with van der Waals surface area (Å²) < 4.78 is 14.3. The number of nitrogens with zero attached hydrogens (tertiary/aromatic N) is 1. The average Bonchev–Trinajstić information content (AvgIpc) is 2.37. The Morgan fingerprint density at radius 2 is 2.05 bits per heavy atom. The molecule has 1 aromatic carbocycles. The number of benzene rings is 1. The van der Waals surface area contributed by atoms with E-state index in [2.05, 4.69) is 42.8 Å². The molecule has 108 valence electrons. The molecule has 2 rings (SSSR count). The molecule has 0 bridgehead atoms. The zero-order valence-electron chi connectivity index (χ0n) is 12.0. The lowest BCUT2D eigenvalue weighted by molar-refractivity contribution is 0.0759. The van der Waals surface area contributed by atoms with Gasteiger partial charge in [-0.2, -0.15) is 0 Å². The van der Waals surface area contributed by atoms with Gasteiger partial charge in [-0.3, -0.25) is 4.79 Å². The first-order valence-electron chi connectivity index (χ1n) is 6.73. The van der Waals surface area contributed by atoms with Crippen LogP contribution in [0.5, 0.6) is 0 Å². The highest BCUT2D eigenvalue weighted by molar-refractivity contribution is 9.10. The van der Waals surface area contributed by atoms with Gasteiger partial charge >= 0.3 is 0 Å². The summed E-state index contributed by atoms with van der Waals surface area (Å²) in [4.78, 5) is 14.1. The summed E-state index contributed by atoms with van der Waals surface area (Å²) in [6, 6.07) is 4.60. The van der Waals surface area contributed by atoms with Gasteiger partial charge in [0.05, 0.1) is 5.56 Å². The van der Waals surface area contributed by atoms with Gasteiger partial charge in [-0.15, -0.1) is 0 Å². The van der Waals surface area contributed by atoms with Gasteiger partial charge in [0.25, 0.3) is 5.91 Å². The van der Waals surface area contributed by atoms with Crippen LogP contribution in [0.1, 0.15) is 37.6 Å². The number of carbonyl (C=O) groups is 1. The summed E-state index contributed by atoms with van der Waals surface area (Å²) in [5.74, 6) is -0.728.